The first-order valence-corrected chi connectivity index (χ1v) is 8.87. The number of halogens is 2. The quantitative estimate of drug-likeness (QED) is 0.771. The van der Waals surface area contributed by atoms with Crippen molar-refractivity contribution in [2.45, 2.75) is 30.0 Å². The Balaban J connectivity index is 3.21. The molecule has 6 heteroatoms. The summed E-state index contributed by atoms with van der Waals surface area (Å²) in [4.78, 5) is 0. The van der Waals surface area contributed by atoms with Crippen LogP contribution < -0.4 is 0 Å². The average Bonchev–Trinajstić information content (AvgIpc) is 2.37. The summed E-state index contributed by atoms with van der Waals surface area (Å²) in [7, 11) is -3.41. The molecule has 0 saturated heterocycles. The third-order valence-corrected chi connectivity index (χ3v) is 8.28. The molecule has 3 nitrogen and oxygen atoms in total. The van der Waals surface area contributed by atoms with Crippen LogP contribution in [0.2, 0.25) is 0 Å². The first-order chi connectivity index (χ1) is 8.28. The smallest absolute Gasteiger partial charge is 0.168 e. The molecule has 1 aromatic rings. The molecule has 0 unspecified atom stereocenters. The highest BCUT2D eigenvalue weighted by molar-refractivity contribution is 9.11. The molecule has 1 aromatic carbocycles. The van der Waals surface area contributed by atoms with Crippen LogP contribution in [-0.4, -0.2) is 22.9 Å². The minimum absolute atomic E-state index is 0.0142. The number of rotatable bonds is 5. The Morgan fingerprint density at radius 3 is 2.17 bits per heavy atom. The lowest BCUT2D eigenvalue weighted by Crippen LogP contribution is -2.39. The molecule has 0 aliphatic heterocycles. The second kappa shape index (κ2) is 6.03. The van der Waals surface area contributed by atoms with Gasteiger partial charge in [-0.15, -0.1) is 0 Å². The Hall–Kier alpha value is 0.0900. The molecule has 0 aromatic heterocycles. The van der Waals surface area contributed by atoms with Crippen molar-refractivity contribution in [2.24, 2.45) is 0 Å². The fraction of sp³-hybridized carbons (Fsp3) is 0.500. The highest BCUT2D eigenvalue weighted by atomic mass is 79.9. The number of aliphatic hydroxyl groups is 1. The molecular weight excluding hydrogens is 384 g/mol. The van der Waals surface area contributed by atoms with Crippen LogP contribution in [0, 0.1) is 0 Å². The van der Waals surface area contributed by atoms with Crippen LogP contribution >= 0.6 is 31.9 Å². The van der Waals surface area contributed by atoms with E-state index in [1.54, 1.807) is 38.1 Å². The zero-order valence-electron chi connectivity index (χ0n) is 10.2. The maximum Gasteiger partial charge on any atom is 0.168 e. The molecule has 0 heterocycles. The normalized spacial score (nSPS) is 17.2. The number of benzene rings is 1. The molecular formula is C12H16Br2O3S. The Kier molecular flexibility index (Phi) is 5.41. The van der Waals surface area contributed by atoms with Crippen molar-refractivity contribution in [1.29, 1.82) is 0 Å². The second-order valence-corrected chi connectivity index (χ2v) is 9.39. The number of sulfone groups is 1. The van der Waals surface area contributed by atoms with E-state index in [0.29, 0.717) is 12.0 Å². The van der Waals surface area contributed by atoms with E-state index in [-0.39, 0.29) is 5.75 Å². The van der Waals surface area contributed by atoms with E-state index in [0.717, 1.165) is 4.47 Å². The van der Waals surface area contributed by atoms with Crippen LogP contribution in [0.3, 0.4) is 0 Å². The van der Waals surface area contributed by atoms with Crippen LogP contribution in [-0.2, 0) is 9.84 Å². The molecule has 0 radical (unpaired) electrons. The Labute approximate surface area is 125 Å². The predicted molar refractivity (Wildman–Crippen MR) is 80.5 cm³/mol. The molecule has 0 amide bonds. The van der Waals surface area contributed by atoms with Crippen molar-refractivity contribution in [3.05, 3.63) is 34.3 Å². The Bertz CT molecular complexity index is 499. The van der Waals surface area contributed by atoms with Gasteiger partial charge in [-0.1, -0.05) is 57.8 Å². The van der Waals surface area contributed by atoms with Gasteiger partial charge in [-0.05, 0) is 24.1 Å². The van der Waals surface area contributed by atoms with E-state index < -0.39 is 19.6 Å². The number of hydrogen-bond acceptors (Lipinski definition) is 3. The molecule has 102 valence electrons. The van der Waals surface area contributed by atoms with Gasteiger partial charge in [0.2, 0.25) is 0 Å². The summed E-state index contributed by atoms with van der Waals surface area (Å²) in [6.45, 7) is 3.32. The molecule has 1 N–H and O–H groups in total. The van der Waals surface area contributed by atoms with Crippen LogP contribution in [0.4, 0.5) is 0 Å². The maximum atomic E-state index is 12.1. The summed E-state index contributed by atoms with van der Waals surface area (Å²) in [6, 6.07) is 6.98. The maximum absolute atomic E-state index is 12.1. The first-order valence-electron chi connectivity index (χ1n) is 5.63. The van der Waals surface area contributed by atoms with Crippen molar-refractivity contribution in [2.75, 3.05) is 5.75 Å². The monoisotopic (exact) mass is 398 g/mol. The van der Waals surface area contributed by atoms with E-state index in [1.165, 1.54) is 0 Å². The zero-order valence-corrected chi connectivity index (χ0v) is 14.2. The van der Waals surface area contributed by atoms with E-state index in [1.807, 2.05) is 0 Å². The summed E-state index contributed by atoms with van der Waals surface area (Å²) < 4.78 is 23.8. The van der Waals surface area contributed by atoms with Crippen molar-refractivity contribution >= 4 is 41.7 Å². The fourth-order valence-corrected chi connectivity index (χ4v) is 4.33. The van der Waals surface area contributed by atoms with Gasteiger partial charge in [0.1, 0.15) is 6.10 Å². The largest absolute Gasteiger partial charge is 0.386 e. The second-order valence-electron chi connectivity index (χ2n) is 4.00. The molecule has 0 saturated carbocycles. The van der Waals surface area contributed by atoms with Crippen molar-refractivity contribution in [3.63, 3.8) is 0 Å². The van der Waals surface area contributed by atoms with Crippen LogP contribution in [0.25, 0.3) is 0 Å². The third kappa shape index (κ3) is 2.98. The summed E-state index contributed by atoms with van der Waals surface area (Å²) in [5, 5.41) is 10.4. The minimum atomic E-state index is -3.41. The highest BCUT2D eigenvalue weighted by Gasteiger charge is 2.45. The summed E-state index contributed by atoms with van der Waals surface area (Å²) in [5.74, 6) is -0.0142. The highest BCUT2D eigenvalue weighted by Crippen LogP contribution is 2.42. The molecule has 18 heavy (non-hydrogen) atoms. The molecule has 2 atom stereocenters. The zero-order chi connectivity index (χ0) is 14.0. The SMILES string of the molecule is CC[C@@](Br)([C@@H](O)c1ccc(Br)cc1)S(=O)(=O)CC. The van der Waals surface area contributed by atoms with E-state index in [4.69, 9.17) is 0 Å². The van der Waals surface area contributed by atoms with Crippen molar-refractivity contribution in [3.8, 4) is 0 Å². The third-order valence-electron chi connectivity index (χ3n) is 2.97. The van der Waals surface area contributed by atoms with Crippen molar-refractivity contribution < 1.29 is 13.5 Å². The molecule has 0 bridgehead atoms. The average molecular weight is 400 g/mol. The predicted octanol–water partition coefficient (Wildman–Crippen LogP) is 3.42. The van der Waals surface area contributed by atoms with E-state index in [9.17, 15) is 13.5 Å². The summed E-state index contributed by atoms with van der Waals surface area (Å²) >= 11 is 6.54. The van der Waals surface area contributed by atoms with Crippen LogP contribution in [0.1, 0.15) is 31.9 Å². The van der Waals surface area contributed by atoms with Gasteiger partial charge >= 0.3 is 0 Å². The van der Waals surface area contributed by atoms with Gasteiger partial charge in [-0.2, -0.15) is 0 Å². The Morgan fingerprint density at radius 2 is 1.78 bits per heavy atom. The molecule has 0 aliphatic rings. The lowest BCUT2D eigenvalue weighted by atomic mass is 10.1. The van der Waals surface area contributed by atoms with Gasteiger partial charge in [0.15, 0.2) is 13.5 Å². The summed E-state index contributed by atoms with van der Waals surface area (Å²) in [5.41, 5.74) is 0.578. The number of aliphatic hydroxyl groups excluding tert-OH is 1. The topological polar surface area (TPSA) is 54.4 Å². The van der Waals surface area contributed by atoms with Gasteiger partial charge < -0.3 is 5.11 Å². The fourth-order valence-electron chi connectivity index (χ4n) is 1.72. The van der Waals surface area contributed by atoms with Crippen molar-refractivity contribution in [1.82, 2.24) is 0 Å². The van der Waals surface area contributed by atoms with Crippen LogP contribution in [0.5, 0.6) is 0 Å². The molecule has 0 aliphatic carbocycles. The van der Waals surface area contributed by atoms with E-state index in [2.05, 4.69) is 31.9 Å². The summed E-state index contributed by atoms with van der Waals surface area (Å²) in [6.07, 6.45) is -0.805. The lowest BCUT2D eigenvalue weighted by Gasteiger charge is -2.31. The van der Waals surface area contributed by atoms with E-state index >= 15 is 0 Å². The molecule has 1 rings (SSSR count). The van der Waals surface area contributed by atoms with Gasteiger partial charge in [0.25, 0.3) is 0 Å². The Morgan fingerprint density at radius 1 is 1.28 bits per heavy atom. The van der Waals surface area contributed by atoms with Gasteiger partial charge in [0.05, 0.1) is 0 Å². The molecule has 0 fully saturated rings. The van der Waals surface area contributed by atoms with Gasteiger partial charge in [-0.3, -0.25) is 0 Å². The van der Waals surface area contributed by atoms with Gasteiger partial charge in [-0.25, -0.2) is 8.42 Å². The van der Waals surface area contributed by atoms with Crippen LogP contribution in [0.15, 0.2) is 28.7 Å². The number of alkyl halides is 1. The lowest BCUT2D eigenvalue weighted by molar-refractivity contribution is 0.160. The molecule has 0 spiro atoms. The minimum Gasteiger partial charge on any atom is -0.386 e. The standard InChI is InChI=1S/C12H16Br2O3S/c1-3-12(14,18(16,17)4-2)11(15)9-5-7-10(13)8-6-9/h5-8,11,15H,3-4H2,1-2H3/t11-,12-/m0/s1. The first kappa shape index (κ1) is 16.1. The number of hydrogen-bond donors (Lipinski definition) is 1. The van der Waals surface area contributed by atoms with Gasteiger partial charge in [0, 0.05) is 10.2 Å².